The second-order valence-corrected chi connectivity index (χ2v) is 2.73. The van der Waals surface area contributed by atoms with E-state index in [0.29, 0.717) is 5.75 Å². The number of methoxy groups -OCH3 is 2. The lowest BCUT2D eigenvalue weighted by Crippen LogP contribution is -2.35. The fraction of sp³-hybridized carbons (Fsp3) is 0.500. The first-order chi connectivity index (χ1) is 6.67. The van der Waals surface area contributed by atoms with Crippen molar-refractivity contribution in [1.82, 2.24) is 9.78 Å². The topological polar surface area (TPSA) is 79.4 Å². The summed E-state index contributed by atoms with van der Waals surface area (Å²) in [6.45, 7) is 0.274. The summed E-state index contributed by atoms with van der Waals surface area (Å²) in [5, 5.41) is 3.95. The molecule has 1 atom stereocenters. The first-order valence-electron chi connectivity index (χ1n) is 4.07. The maximum atomic E-state index is 11.0. The summed E-state index contributed by atoms with van der Waals surface area (Å²) in [4.78, 5) is 11.0. The predicted molar refractivity (Wildman–Crippen MR) is 48.8 cm³/mol. The maximum absolute atomic E-state index is 11.0. The lowest BCUT2D eigenvalue weighted by Gasteiger charge is -2.08. The molecule has 0 saturated carbocycles. The van der Waals surface area contributed by atoms with Crippen molar-refractivity contribution in [2.45, 2.75) is 12.6 Å². The van der Waals surface area contributed by atoms with Crippen LogP contribution in [0, 0.1) is 0 Å². The molecule has 0 aliphatic rings. The number of carbonyl (C=O) groups excluding carboxylic acids is 1. The van der Waals surface area contributed by atoms with Crippen molar-refractivity contribution in [3.05, 3.63) is 12.4 Å². The van der Waals surface area contributed by atoms with Gasteiger partial charge in [0.2, 0.25) is 0 Å². The molecule has 14 heavy (non-hydrogen) atoms. The number of nitrogens with two attached hydrogens (primary N) is 1. The summed E-state index contributed by atoms with van der Waals surface area (Å²) in [6.07, 6.45) is 3.20. The third kappa shape index (κ3) is 2.46. The largest absolute Gasteiger partial charge is 0.493 e. The summed E-state index contributed by atoms with van der Waals surface area (Å²) < 4.78 is 10.9. The van der Waals surface area contributed by atoms with Crippen LogP contribution < -0.4 is 10.5 Å². The van der Waals surface area contributed by atoms with Gasteiger partial charge in [-0.05, 0) is 0 Å². The van der Waals surface area contributed by atoms with Gasteiger partial charge < -0.3 is 15.2 Å². The van der Waals surface area contributed by atoms with Gasteiger partial charge in [-0.2, -0.15) is 5.10 Å². The van der Waals surface area contributed by atoms with Crippen LogP contribution in [0.2, 0.25) is 0 Å². The van der Waals surface area contributed by atoms with E-state index in [0.717, 1.165) is 0 Å². The van der Waals surface area contributed by atoms with Crippen molar-refractivity contribution in [3.63, 3.8) is 0 Å². The van der Waals surface area contributed by atoms with Crippen LogP contribution in [-0.4, -0.2) is 36.0 Å². The van der Waals surface area contributed by atoms with Gasteiger partial charge in [-0.3, -0.25) is 9.48 Å². The average molecular weight is 199 g/mol. The van der Waals surface area contributed by atoms with Gasteiger partial charge in [0.25, 0.3) is 0 Å². The van der Waals surface area contributed by atoms with E-state index in [1.54, 1.807) is 19.5 Å². The third-order valence-corrected chi connectivity index (χ3v) is 1.73. The smallest absolute Gasteiger partial charge is 0.324 e. The molecule has 1 aromatic rings. The van der Waals surface area contributed by atoms with Crippen LogP contribution in [0.5, 0.6) is 5.75 Å². The summed E-state index contributed by atoms with van der Waals surface area (Å²) in [5.41, 5.74) is 5.53. The highest BCUT2D eigenvalue weighted by Crippen LogP contribution is 2.06. The van der Waals surface area contributed by atoms with Crippen LogP contribution in [0.15, 0.2) is 12.4 Å². The van der Waals surface area contributed by atoms with Crippen LogP contribution in [0.4, 0.5) is 0 Å². The molecule has 0 aliphatic heterocycles. The van der Waals surface area contributed by atoms with Gasteiger partial charge in [0.05, 0.1) is 33.2 Å². The zero-order valence-electron chi connectivity index (χ0n) is 8.14. The van der Waals surface area contributed by atoms with Crippen LogP contribution in [0.1, 0.15) is 0 Å². The van der Waals surface area contributed by atoms with E-state index < -0.39 is 12.0 Å². The number of esters is 1. The highest BCUT2D eigenvalue weighted by atomic mass is 16.5. The Labute approximate surface area is 81.6 Å². The molecule has 0 aliphatic carbocycles. The van der Waals surface area contributed by atoms with Gasteiger partial charge in [0, 0.05) is 0 Å². The van der Waals surface area contributed by atoms with E-state index in [-0.39, 0.29) is 6.54 Å². The summed E-state index contributed by atoms with van der Waals surface area (Å²) in [5.74, 6) is 0.168. The lowest BCUT2D eigenvalue weighted by atomic mass is 10.3. The molecular formula is C8H13N3O3. The summed E-state index contributed by atoms with van der Waals surface area (Å²) >= 11 is 0. The Bertz CT molecular complexity index is 311. The van der Waals surface area contributed by atoms with Crippen molar-refractivity contribution < 1.29 is 14.3 Å². The molecule has 2 N–H and O–H groups in total. The molecule has 6 nitrogen and oxygen atoms in total. The quantitative estimate of drug-likeness (QED) is 0.654. The van der Waals surface area contributed by atoms with Gasteiger partial charge in [0.1, 0.15) is 6.04 Å². The van der Waals surface area contributed by atoms with E-state index in [2.05, 4.69) is 9.84 Å². The molecule has 0 spiro atoms. The number of carbonyl (C=O) groups is 1. The van der Waals surface area contributed by atoms with Crippen molar-refractivity contribution in [2.24, 2.45) is 5.73 Å². The number of hydrogen-bond acceptors (Lipinski definition) is 5. The fourth-order valence-corrected chi connectivity index (χ4v) is 0.977. The molecule has 0 aromatic carbocycles. The Morgan fingerprint density at radius 1 is 1.71 bits per heavy atom. The number of hydrogen-bond donors (Lipinski definition) is 1. The molecule has 0 saturated heterocycles. The second-order valence-electron chi connectivity index (χ2n) is 2.73. The normalized spacial score (nSPS) is 12.2. The van der Waals surface area contributed by atoms with E-state index in [1.165, 1.54) is 11.8 Å². The predicted octanol–water partition coefficient (Wildman–Crippen LogP) is -0.608. The molecule has 1 rings (SSSR count). The molecule has 0 amide bonds. The Kier molecular flexibility index (Phi) is 3.47. The van der Waals surface area contributed by atoms with Crippen molar-refractivity contribution >= 4 is 5.97 Å². The monoisotopic (exact) mass is 199 g/mol. The van der Waals surface area contributed by atoms with Crippen LogP contribution in [0.3, 0.4) is 0 Å². The molecule has 1 unspecified atom stereocenters. The van der Waals surface area contributed by atoms with E-state index >= 15 is 0 Å². The molecule has 78 valence electrons. The van der Waals surface area contributed by atoms with Crippen LogP contribution in [0.25, 0.3) is 0 Å². The number of rotatable bonds is 4. The molecular weight excluding hydrogens is 186 g/mol. The molecule has 0 fully saturated rings. The van der Waals surface area contributed by atoms with Crippen molar-refractivity contribution in [3.8, 4) is 5.75 Å². The Morgan fingerprint density at radius 3 is 2.93 bits per heavy atom. The van der Waals surface area contributed by atoms with Crippen molar-refractivity contribution in [2.75, 3.05) is 14.2 Å². The highest BCUT2D eigenvalue weighted by Gasteiger charge is 2.14. The zero-order chi connectivity index (χ0) is 10.6. The van der Waals surface area contributed by atoms with Crippen molar-refractivity contribution in [1.29, 1.82) is 0 Å². The second kappa shape index (κ2) is 4.61. The van der Waals surface area contributed by atoms with Gasteiger partial charge in [-0.25, -0.2) is 0 Å². The SMILES string of the molecule is COC(=O)C(N)Cn1cc(OC)cn1. The molecule has 6 heteroatoms. The van der Waals surface area contributed by atoms with Crippen LogP contribution >= 0.6 is 0 Å². The first kappa shape index (κ1) is 10.5. The summed E-state index contributed by atoms with van der Waals surface area (Å²) in [6, 6.07) is -0.704. The van der Waals surface area contributed by atoms with Gasteiger partial charge >= 0.3 is 5.97 Å². The number of ether oxygens (including phenoxy) is 2. The van der Waals surface area contributed by atoms with E-state index in [9.17, 15) is 4.79 Å². The maximum Gasteiger partial charge on any atom is 0.324 e. The molecule has 1 heterocycles. The van der Waals surface area contributed by atoms with Gasteiger partial charge in [-0.1, -0.05) is 0 Å². The van der Waals surface area contributed by atoms with E-state index in [1.807, 2.05) is 0 Å². The third-order valence-electron chi connectivity index (χ3n) is 1.73. The minimum absolute atomic E-state index is 0.274. The standard InChI is InChI=1S/C8H13N3O3/c1-13-6-3-10-11(4-6)5-7(9)8(12)14-2/h3-4,7H,5,9H2,1-2H3. The minimum Gasteiger partial charge on any atom is -0.493 e. The van der Waals surface area contributed by atoms with E-state index in [4.69, 9.17) is 10.5 Å². The van der Waals surface area contributed by atoms with Gasteiger partial charge in [-0.15, -0.1) is 0 Å². The van der Waals surface area contributed by atoms with Crippen LogP contribution in [-0.2, 0) is 16.1 Å². The molecule has 1 aromatic heterocycles. The Hall–Kier alpha value is -1.56. The number of nitrogens with zero attached hydrogens (tertiary/aromatic N) is 2. The number of aromatic nitrogens is 2. The Morgan fingerprint density at radius 2 is 2.43 bits per heavy atom. The zero-order valence-corrected chi connectivity index (χ0v) is 8.14. The van der Waals surface area contributed by atoms with Gasteiger partial charge in [0.15, 0.2) is 5.75 Å². The summed E-state index contributed by atoms with van der Waals surface area (Å²) in [7, 11) is 2.84. The highest BCUT2D eigenvalue weighted by molar-refractivity contribution is 5.75. The molecule has 0 bridgehead atoms. The fourth-order valence-electron chi connectivity index (χ4n) is 0.977. The molecule has 0 radical (unpaired) electrons. The minimum atomic E-state index is -0.704. The average Bonchev–Trinajstić information content (AvgIpc) is 2.64. The Balaban J connectivity index is 2.55. The lowest BCUT2D eigenvalue weighted by molar-refractivity contribution is -0.142. The first-order valence-corrected chi connectivity index (χ1v) is 4.07.